The molecule has 4 rings (SSSR count). The first-order valence-electron chi connectivity index (χ1n) is 10.8. The minimum absolute atomic E-state index is 0.0604. The third kappa shape index (κ3) is 4.85. The lowest BCUT2D eigenvalue weighted by Gasteiger charge is -2.26. The number of carbonyl (C=O) groups excluding carboxylic acids is 2. The van der Waals surface area contributed by atoms with Gasteiger partial charge in [-0.15, -0.1) is 0 Å². The molecule has 6 nitrogen and oxygen atoms in total. The number of carbonyl (C=O) groups is 2. The number of benzene rings is 1. The topological polar surface area (TPSA) is 70.7 Å². The van der Waals surface area contributed by atoms with Gasteiger partial charge in [-0.1, -0.05) is 12.8 Å². The molecular formula is C22H31N3O3. The summed E-state index contributed by atoms with van der Waals surface area (Å²) in [5.74, 6) is 0.197. The second kappa shape index (κ2) is 8.95. The van der Waals surface area contributed by atoms with Crippen molar-refractivity contribution in [2.45, 2.75) is 57.5 Å². The van der Waals surface area contributed by atoms with Crippen LogP contribution in [0.2, 0.25) is 0 Å². The third-order valence-corrected chi connectivity index (χ3v) is 5.92. The van der Waals surface area contributed by atoms with E-state index in [1.165, 1.54) is 12.8 Å². The summed E-state index contributed by atoms with van der Waals surface area (Å²) in [4.78, 5) is 27.4. The zero-order valence-corrected chi connectivity index (χ0v) is 16.5. The van der Waals surface area contributed by atoms with Crippen LogP contribution >= 0.6 is 0 Å². The number of nitrogens with zero attached hydrogens (tertiary/aromatic N) is 1. The van der Waals surface area contributed by atoms with Crippen LogP contribution in [0.25, 0.3) is 0 Å². The molecule has 1 atom stereocenters. The fourth-order valence-electron chi connectivity index (χ4n) is 4.07. The van der Waals surface area contributed by atoms with Crippen LogP contribution in [0, 0.1) is 5.92 Å². The maximum absolute atomic E-state index is 12.9. The Hall–Kier alpha value is -2.08. The summed E-state index contributed by atoms with van der Waals surface area (Å²) in [6, 6.07) is 5.68. The molecule has 3 fully saturated rings. The van der Waals surface area contributed by atoms with Crippen LogP contribution in [-0.2, 0) is 9.53 Å². The molecule has 2 amide bonds. The highest BCUT2D eigenvalue weighted by Crippen LogP contribution is 2.32. The molecule has 0 unspecified atom stereocenters. The van der Waals surface area contributed by atoms with E-state index < -0.39 is 0 Å². The second-order valence-corrected chi connectivity index (χ2v) is 8.24. The van der Waals surface area contributed by atoms with Gasteiger partial charge in [0.15, 0.2) is 0 Å². The summed E-state index contributed by atoms with van der Waals surface area (Å²) in [5, 5.41) is 6.07. The minimum Gasteiger partial charge on any atom is -0.376 e. The monoisotopic (exact) mass is 385 g/mol. The number of anilines is 2. The fourth-order valence-corrected chi connectivity index (χ4v) is 4.07. The lowest BCUT2D eigenvalue weighted by Crippen LogP contribution is -2.34. The minimum atomic E-state index is -0.0604. The van der Waals surface area contributed by atoms with E-state index in [2.05, 4.69) is 15.5 Å². The number of nitrogens with one attached hydrogen (secondary N) is 2. The van der Waals surface area contributed by atoms with Gasteiger partial charge < -0.3 is 20.3 Å². The molecule has 1 aliphatic carbocycles. The predicted octanol–water partition coefficient (Wildman–Crippen LogP) is 3.32. The number of ether oxygens (including phenoxy) is 1. The van der Waals surface area contributed by atoms with Gasteiger partial charge in [0.25, 0.3) is 5.91 Å². The van der Waals surface area contributed by atoms with Crippen molar-refractivity contribution < 1.29 is 14.3 Å². The van der Waals surface area contributed by atoms with Gasteiger partial charge in [0.05, 0.1) is 17.4 Å². The number of rotatable bonds is 6. The van der Waals surface area contributed by atoms with Crippen molar-refractivity contribution in [3.05, 3.63) is 23.8 Å². The van der Waals surface area contributed by atoms with Gasteiger partial charge in [0, 0.05) is 37.8 Å². The zero-order chi connectivity index (χ0) is 19.3. The highest BCUT2D eigenvalue weighted by atomic mass is 16.5. The maximum atomic E-state index is 12.9. The maximum Gasteiger partial charge on any atom is 0.253 e. The Morgan fingerprint density at radius 1 is 1.04 bits per heavy atom. The molecule has 2 heterocycles. The molecule has 0 aromatic heterocycles. The zero-order valence-electron chi connectivity index (χ0n) is 16.5. The first-order valence-corrected chi connectivity index (χ1v) is 10.8. The molecule has 1 aromatic rings. The lowest BCUT2D eigenvalue weighted by molar-refractivity contribution is -0.117. The Balaban J connectivity index is 1.52. The van der Waals surface area contributed by atoms with Gasteiger partial charge in [-0.05, 0) is 56.7 Å². The van der Waals surface area contributed by atoms with Gasteiger partial charge >= 0.3 is 0 Å². The standard InChI is InChI=1S/C22H31N3O3/c26-21(16-7-8-16)24-17-9-10-19(22(27)23-15-18-6-5-13-28-18)20(14-17)25-11-3-1-2-4-12-25/h9-10,14,16,18H,1-8,11-13,15H2,(H,23,27)(H,24,26)/t18-/m0/s1. The third-order valence-electron chi connectivity index (χ3n) is 5.92. The molecule has 152 valence electrons. The molecule has 28 heavy (non-hydrogen) atoms. The smallest absolute Gasteiger partial charge is 0.253 e. The van der Waals surface area contributed by atoms with Crippen molar-refractivity contribution >= 4 is 23.2 Å². The van der Waals surface area contributed by atoms with Gasteiger partial charge in [-0.3, -0.25) is 9.59 Å². The SMILES string of the molecule is O=C(NC[C@@H]1CCCO1)c1ccc(NC(=O)C2CC2)cc1N1CCCCCC1. The first-order chi connectivity index (χ1) is 13.7. The van der Waals surface area contributed by atoms with E-state index in [0.29, 0.717) is 12.1 Å². The van der Waals surface area contributed by atoms with Gasteiger partial charge in [-0.25, -0.2) is 0 Å². The molecule has 0 radical (unpaired) electrons. The molecule has 3 aliphatic rings. The van der Waals surface area contributed by atoms with E-state index in [1.54, 1.807) is 0 Å². The highest BCUT2D eigenvalue weighted by Gasteiger charge is 2.30. The van der Waals surface area contributed by atoms with Crippen molar-refractivity contribution in [3.8, 4) is 0 Å². The molecular weight excluding hydrogens is 354 g/mol. The van der Waals surface area contributed by atoms with Crippen molar-refractivity contribution in [2.75, 3.05) is 36.5 Å². The molecule has 6 heteroatoms. The summed E-state index contributed by atoms with van der Waals surface area (Å²) in [6.45, 7) is 3.24. The van der Waals surface area contributed by atoms with Crippen molar-refractivity contribution in [3.63, 3.8) is 0 Å². The summed E-state index contributed by atoms with van der Waals surface area (Å²) < 4.78 is 5.62. The van der Waals surface area contributed by atoms with Crippen LogP contribution in [-0.4, -0.2) is 44.2 Å². The second-order valence-electron chi connectivity index (χ2n) is 8.24. The molecule has 0 spiro atoms. The quantitative estimate of drug-likeness (QED) is 0.788. The van der Waals surface area contributed by atoms with Crippen molar-refractivity contribution in [1.29, 1.82) is 0 Å². The molecule has 2 saturated heterocycles. The summed E-state index contributed by atoms with van der Waals surface area (Å²) >= 11 is 0. The first kappa shape index (κ1) is 19.2. The Morgan fingerprint density at radius 3 is 2.50 bits per heavy atom. The van der Waals surface area contributed by atoms with Crippen molar-refractivity contribution in [1.82, 2.24) is 5.32 Å². The molecule has 2 N–H and O–H groups in total. The summed E-state index contributed by atoms with van der Waals surface area (Å²) in [6.07, 6.45) is 8.89. The predicted molar refractivity (Wildman–Crippen MR) is 110 cm³/mol. The van der Waals surface area contributed by atoms with Gasteiger partial charge in [0.1, 0.15) is 0 Å². The van der Waals surface area contributed by atoms with Gasteiger partial charge in [0.2, 0.25) is 5.91 Å². The molecule has 1 saturated carbocycles. The van der Waals surface area contributed by atoms with E-state index in [1.807, 2.05) is 18.2 Å². The molecule has 2 aliphatic heterocycles. The number of amides is 2. The Kier molecular flexibility index (Phi) is 6.15. The summed E-state index contributed by atoms with van der Waals surface area (Å²) in [5.41, 5.74) is 2.40. The Labute approximate surface area is 167 Å². The average Bonchev–Trinajstić information content (AvgIpc) is 3.48. The fraction of sp³-hybridized carbons (Fsp3) is 0.636. The van der Waals surface area contributed by atoms with E-state index in [4.69, 9.17) is 4.74 Å². The molecule has 1 aromatic carbocycles. The van der Waals surface area contributed by atoms with Gasteiger partial charge in [-0.2, -0.15) is 0 Å². The van der Waals surface area contributed by atoms with Crippen LogP contribution in [0.3, 0.4) is 0 Å². The van der Waals surface area contributed by atoms with Crippen molar-refractivity contribution in [2.24, 2.45) is 5.92 Å². The summed E-state index contributed by atoms with van der Waals surface area (Å²) in [7, 11) is 0. The molecule has 0 bridgehead atoms. The normalized spacial score (nSPS) is 22.6. The van der Waals surface area contributed by atoms with E-state index in [9.17, 15) is 9.59 Å². The lowest BCUT2D eigenvalue weighted by atomic mass is 10.1. The van der Waals surface area contributed by atoms with E-state index in [0.717, 1.165) is 69.6 Å². The van der Waals surface area contributed by atoms with Crippen LogP contribution in [0.1, 0.15) is 61.7 Å². The highest BCUT2D eigenvalue weighted by molar-refractivity contribution is 6.02. The largest absolute Gasteiger partial charge is 0.376 e. The van der Waals surface area contributed by atoms with Crippen LogP contribution in [0.15, 0.2) is 18.2 Å². The Morgan fingerprint density at radius 2 is 1.82 bits per heavy atom. The van der Waals surface area contributed by atoms with E-state index in [-0.39, 0.29) is 23.8 Å². The number of hydrogen-bond donors (Lipinski definition) is 2. The number of hydrogen-bond acceptors (Lipinski definition) is 4. The Bertz CT molecular complexity index is 703. The van der Waals surface area contributed by atoms with Crippen LogP contribution < -0.4 is 15.5 Å². The average molecular weight is 386 g/mol. The van der Waals surface area contributed by atoms with Crippen LogP contribution in [0.5, 0.6) is 0 Å². The van der Waals surface area contributed by atoms with Crippen LogP contribution in [0.4, 0.5) is 11.4 Å². The van der Waals surface area contributed by atoms with E-state index >= 15 is 0 Å².